The number of carbonyl (C=O) groups is 1. The first-order chi connectivity index (χ1) is 15.5. The van der Waals surface area contributed by atoms with E-state index in [0.29, 0.717) is 5.95 Å². The van der Waals surface area contributed by atoms with Crippen molar-refractivity contribution in [1.82, 2.24) is 9.97 Å². The van der Waals surface area contributed by atoms with E-state index in [-0.39, 0.29) is 0 Å². The van der Waals surface area contributed by atoms with Crippen LogP contribution in [0.15, 0.2) is 29.6 Å². The Hall–Kier alpha value is -3.14. The Bertz CT molecular complexity index is 1120. The second-order valence-electron chi connectivity index (χ2n) is 7.89. The number of fused-ring (bicyclic) bond motifs is 1. The fourth-order valence-electron chi connectivity index (χ4n) is 3.78. The van der Waals surface area contributed by atoms with Crippen LogP contribution in [0, 0.1) is 27.7 Å². The van der Waals surface area contributed by atoms with E-state index in [1.807, 2.05) is 0 Å². The van der Waals surface area contributed by atoms with Crippen LogP contribution in [0.25, 0.3) is 0 Å². The summed E-state index contributed by atoms with van der Waals surface area (Å²) in [4.78, 5) is 22.3. The molecule has 0 amide bonds. The van der Waals surface area contributed by atoms with E-state index in [1.165, 1.54) is 27.1 Å². The predicted molar refractivity (Wildman–Crippen MR) is 123 cm³/mol. The van der Waals surface area contributed by atoms with Gasteiger partial charge in [0.1, 0.15) is 5.82 Å². The molecule has 0 radical (unpaired) electrons. The number of aryl methyl sites for hydroxylation is 4. The number of alkyl halides is 3. The normalized spacial score (nSPS) is 12.8. The maximum atomic E-state index is 10.6. The van der Waals surface area contributed by atoms with Crippen molar-refractivity contribution in [2.45, 2.75) is 46.8 Å². The lowest BCUT2D eigenvalue weighted by molar-refractivity contribution is -0.192. The van der Waals surface area contributed by atoms with Crippen LogP contribution >= 0.6 is 11.3 Å². The van der Waals surface area contributed by atoms with Crippen LogP contribution in [-0.2, 0) is 17.8 Å². The maximum absolute atomic E-state index is 10.6. The Labute approximate surface area is 194 Å². The number of aromatic nitrogens is 2. The van der Waals surface area contributed by atoms with Crippen LogP contribution < -0.4 is 10.2 Å². The van der Waals surface area contributed by atoms with E-state index in [9.17, 15) is 13.2 Å². The summed E-state index contributed by atoms with van der Waals surface area (Å²) in [7, 11) is 0. The van der Waals surface area contributed by atoms with Crippen molar-refractivity contribution in [2.75, 3.05) is 16.8 Å². The highest BCUT2D eigenvalue weighted by Gasteiger charge is 2.38. The second-order valence-corrected chi connectivity index (χ2v) is 8.92. The number of hydrogen-bond acceptors (Lipinski definition) is 6. The fraction of sp³-hybridized carbons (Fsp3) is 0.348. The van der Waals surface area contributed by atoms with Gasteiger partial charge in [-0.05, 0) is 56.7 Å². The molecule has 0 spiro atoms. The van der Waals surface area contributed by atoms with E-state index < -0.39 is 12.1 Å². The van der Waals surface area contributed by atoms with E-state index in [4.69, 9.17) is 19.9 Å². The Morgan fingerprint density at radius 3 is 2.36 bits per heavy atom. The minimum absolute atomic E-state index is 0.689. The van der Waals surface area contributed by atoms with Crippen LogP contribution in [-0.4, -0.2) is 33.8 Å². The van der Waals surface area contributed by atoms with E-state index in [1.54, 1.807) is 11.3 Å². The lowest BCUT2D eigenvalue weighted by Crippen LogP contribution is -2.21. The van der Waals surface area contributed by atoms with Gasteiger partial charge >= 0.3 is 12.1 Å². The topological polar surface area (TPSA) is 78.4 Å². The molecular formula is C23H25F3N4O2S. The van der Waals surface area contributed by atoms with Gasteiger partial charge < -0.3 is 15.3 Å². The fourth-order valence-corrected chi connectivity index (χ4v) is 4.50. The highest BCUT2D eigenvalue weighted by molar-refractivity contribution is 7.09. The zero-order chi connectivity index (χ0) is 24.3. The molecule has 0 unspecified atom stereocenters. The van der Waals surface area contributed by atoms with Crippen molar-refractivity contribution in [3.8, 4) is 0 Å². The number of halogens is 3. The zero-order valence-electron chi connectivity index (χ0n) is 18.7. The van der Waals surface area contributed by atoms with Crippen LogP contribution in [0.3, 0.4) is 0 Å². The molecule has 1 aliphatic rings. The Morgan fingerprint density at radius 1 is 1.18 bits per heavy atom. The third-order valence-electron chi connectivity index (χ3n) is 5.21. The molecule has 0 saturated heterocycles. The number of anilines is 3. The van der Waals surface area contributed by atoms with Gasteiger partial charge in [0, 0.05) is 28.4 Å². The molecule has 0 aliphatic carbocycles. The summed E-state index contributed by atoms with van der Waals surface area (Å²) in [6.45, 7) is 10.4. The SMILES string of the molecule is Cc1cc(C)c(Nc2nc(C)c3c(n2)N(Cc2cccs2)CC3)c(C)c1.O=C(O)C(F)(F)F. The minimum atomic E-state index is -5.08. The molecule has 0 saturated carbocycles. The molecular weight excluding hydrogens is 453 g/mol. The molecule has 2 N–H and O–H groups in total. The molecule has 2 aromatic heterocycles. The summed E-state index contributed by atoms with van der Waals surface area (Å²) < 4.78 is 31.7. The van der Waals surface area contributed by atoms with E-state index >= 15 is 0 Å². The molecule has 1 aromatic carbocycles. The third-order valence-corrected chi connectivity index (χ3v) is 6.07. The van der Waals surface area contributed by atoms with Gasteiger partial charge in [-0.25, -0.2) is 9.78 Å². The summed E-state index contributed by atoms with van der Waals surface area (Å²) in [5, 5.41) is 12.7. The standard InChI is InChI=1S/C21H24N4S.C2HF3O2/c1-13-10-14(2)19(15(3)11-13)23-21-22-16(4)18-7-8-25(20(18)24-21)12-17-6-5-9-26-17;3-2(4,5)1(6)7/h5-6,9-11H,7-8,12H2,1-4H3,(H,22,23,24);(H,6,7). The van der Waals surface area contributed by atoms with Crippen molar-refractivity contribution >= 4 is 34.8 Å². The first kappa shape index (κ1) is 24.5. The van der Waals surface area contributed by atoms with Crippen LogP contribution in [0.4, 0.5) is 30.6 Å². The maximum Gasteiger partial charge on any atom is 0.490 e. The molecule has 176 valence electrons. The lowest BCUT2D eigenvalue weighted by atomic mass is 10.1. The molecule has 6 nitrogen and oxygen atoms in total. The quantitative estimate of drug-likeness (QED) is 0.500. The van der Waals surface area contributed by atoms with Crippen molar-refractivity contribution in [3.63, 3.8) is 0 Å². The lowest BCUT2D eigenvalue weighted by Gasteiger charge is -2.19. The van der Waals surface area contributed by atoms with Crippen molar-refractivity contribution in [1.29, 1.82) is 0 Å². The number of carboxylic acids is 1. The van der Waals surface area contributed by atoms with Gasteiger partial charge in [-0.3, -0.25) is 0 Å². The summed E-state index contributed by atoms with van der Waals surface area (Å²) in [6.07, 6.45) is -4.06. The summed E-state index contributed by atoms with van der Waals surface area (Å²) in [5.74, 6) is -0.988. The van der Waals surface area contributed by atoms with E-state index in [0.717, 1.165) is 36.7 Å². The average Bonchev–Trinajstić information content (AvgIpc) is 3.35. The van der Waals surface area contributed by atoms with E-state index in [2.05, 4.69) is 67.6 Å². The molecule has 3 heterocycles. The number of aliphatic carboxylic acids is 1. The predicted octanol–water partition coefficient (Wildman–Crippen LogP) is 5.71. The van der Waals surface area contributed by atoms with Gasteiger partial charge in [0.05, 0.1) is 6.54 Å². The van der Waals surface area contributed by atoms with Crippen LogP contribution in [0.1, 0.15) is 32.8 Å². The minimum Gasteiger partial charge on any atom is -0.475 e. The van der Waals surface area contributed by atoms with Gasteiger partial charge in [0.2, 0.25) is 5.95 Å². The molecule has 0 fully saturated rings. The van der Waals surface area contributed by atoms with Crippen LogP contribution in [0.2, 0.25) is 0 Å². The molecule has 0 atom stereocenters. The van der Waals surface area contributed by atoms with Crippen LogP contribution in [0.5, 0.6) is 0 Å². The highest BCUT2D eigenvalue weighted by Crippen LogP contribution is 2.32. The third kappa shape index (κ3) is 6.01. The van der Waals surface area contributed by atoms with Crippen molar-refractivity contribution < 1.29 is 23.1 Å². The van der Waals surface area contributed by atoms with Gasteiger partial charge in [0.25, 0.3) is 0 Å². The molecule has 10 heteroatoms. The Kier molecular flexibility index (Phi) is 7.26. The van der Waals surface area contributed by atoms with Gasteiger partial charge in [-0.15, -0.1) is 11.3 Å². The second kappa shape index (κ2) is 9.78. The summed E-state index contributed by atoms with van der Waals surface area (Å²) in [6, 6.07) is 8.68. The molecule has 33 heavy (non-hydrogen) atoms. The molecule has 3 aromatic rings. The van der Waals surface area contributed by atoms with Gasteiger partial charge in [0.15, 0.2) is 0 Å². The van der Waals surface area contributed by atoms with Crippen molar-refractivity contribution in [2.24, 2.45) is 0 Å². The Balaban J connectivity index is 0.000000383. The number of thiophene rings is 1. The number of nitrogens with one attached hydrogen (secondary N) is 1. The zero-order valence-corrected chi connectivity index (χ0v) is 19.6. The molecule has 4 rings (SSSR count). The van der Waals surface area contributed by atoms with Gasteiger partial charge in [-0.2, -0.15) is 18.2 Å². The largest absolute Gasteiger partial charge is 0.490 e. The molecule has 0 bridgehead atoms. The number of rotatable bonds is 4. The smallest absolute Gasteiger partial charge is 0.475 e. The first-order valence-electron chi connectivity index (χ1n) is 10.3. The first-order valence-corrected chi connectivity index (χ1v) is 11.1. The number of carboxylic acid groups (broad SMARTS) is 1. The monoisotopic (exact) mass is 478 g/mol. The average molecular weight is 479 g/mol. The number of nitrogens with zero attached hydrogens (tertiary/aromatic N) is 3. The number of benzene rings is 1. The molecule has 1 aliphatic heterocycles. The number of hydrogen-bond donors (Lipinski definition) is 2. The summed E-state index contributed by atoms with van der Waals surface area (Å²) >= 11 is 1.80. The summed E-state index contributed by atoms with van der Waals surface area (Å²) in [5.41, 5.74) is 7.19. The van der Waals surface area contributed by atoms with Crippen molar-refractivity contribution in [3.05, 3.63) is 62.5 Å². The van der Waals surface area contributed by atoms with Gasteiger partial charge in [-0.1, -0.05) is 23.8 Å². The highest BCUT2D eigenvalue weighted by atomic mass is 32.1. The Morgan fingerprint density at radius 2 is 1.82 bits per heavy atom.